The van der Waals surface area contributed by atoms with E-state index in [1.807, 2.05) is 20.8 Å². The third kappa shape index (κ3) is 3.44. The molecule has 0 aromatic heterocycles. The molecule has 1 rings (SSSR count). The highest BCUT2D eigenvalue weighted by Crippen LogP contribution is 2.26. The molecule has 18 heavy (non-hydrogen) atoms. The van der Waals surface area contributed by atoms with Gasteiger partial charge in [0, 0.05) is 24.2 Å². The SMILES string of the molecule is CCNC(=O)c1ccc([N+](=O)[O-])c(NC(C)C)c1. The molecule has 0 aliphatic carbocycles. The molecule has 98 valence electrons. The van der Waals surface area contributed by atoms with Gasteiger partial charge in [-0.15, -0.1) is 0 Å². The number of benzene rings is 1. The van der Waals surface area contributed by atoms with Gasteiger partial charge in [-0.3, -0.25) is 14.9 Å². The zero-order chi connectivity index (χ0) is 13.7. The second-order valence-electron chi connectivity index (χ2n) is 4.15. The molecule has 0 radical (unpaired) electrons. The van der Waals surface area contributed by atoms with Crippen molar-refractivity contribution in [3.63, 3.8) is 0 Å². The number of rotatable bonds is 5. The van der Waals surface area contributed by atoms with Gasteiger partial charge in [0.25, 0.3) is 11.6 Å². The van der Waals surface area contributed by atoms with Gasteiger partial charge in [-0.25, -0.2) is 0 Å². The van der Waals surface area contributed by atoms with E-state index in [9.17, 15) is 14.9 Å². The van der Waals surface area contributed by atoms with Crippen molar-refractivity contribution in [2.75, 3.05) is 11.9 Å². The second-order valence-corrected chi connectivity index (χ2v) is 4.15. The minimum atomic E-state index is -0.466. The molecule has 6 heteroatoms. The van der Waals surface area contributed by atoms with Gasteiger partial charge in [-0.2, -0.15) is 0 Å². The van der Waals surface area contributed by atoms with Crippen LogP contribution in [0.25, 0.3) is 0 Å². The van der Waals surface area contributed by atoms with Crippen LogP contribution in [0.4, 0.5) is 11.4 Å². The van der Waals surface area contributed by atoms with Gasteiger partial charge >= 0.3 is 0 Å². The normalized spacial score (nSPS) is 10.2. The lowest BCUT2D eigenvalue weighted by Crippen LogP contribution is -2.23. The second kappa shape index (κ2) is 6.00. The molecule has 0 fully saturated rings. The van der Waals surface area contributed by atoms with E-state index in [1.165, 1.54) is 18.2 Å². The Morgan fingerprint density at radius 2 is 2.11 bits per heavy atom. The maximum Gasteiger partial charge on any atom is 0.292 e. The monoisotopic (exact) mass is 251 g/mol. The van der Waals surface area contributed by atoms with Crippen LogP contribution in [-0.4, -0.2) is 23.4 Å². The highest BCUT2D eigenvalue weighted by atomic mass is 16.6. The van der Waals surface area contributed by atoms with Gasteiger partial charge in [-0.05, 0) is 32.9 Å². The number of carbonyl (C=O) groups is 1. The number of nitrogens with one attached hydrogen (secondary N) is 2. The zero-order valence-electron chi connectivity index (χ0n) is 10.7. The van der Waals surface area contributed by atoms with E-state index in [0.29, 0.717) is 17.8 Å². The molecular formula is C12H17N3O3. The number of hydrogen-bond acceptors (Lipinski definition) is 4. The van der Waals surface area contributed by atoms with Crippen LogP contribution in [-0.2, 0) is 0 Å². The fourth-order valence-electron chi connectivity index (χ4n) is 1.53. The molecular weight excluding hydrogens is 234 g/mol. The number of nitro groups is 1. The summed E-state index contributed by atoms with van der Waals surface area (Å²) in [5.74, 6) is -0.237. The Hall–Kier alpha value is -2.11. The number of nitrogens with zero attached hydrogens (tertiary/aromatic N) is 1. The number of carbonyl (C=O) groups excluding carboxylic acids is 1. The fraction of sp³-hybridized carbons (Fsp3) is 0.417. The Balaban J connectivity index is 3.12. The van der Waals surface area contributed by atoms with E-state index in [0.717, 1.165) is 0 Å². The van der Waals surface area contributed by atoms with Crippen molar-refractivity contribution < 1.29 is 9.72 Å². The first-order valence-electron chi connectivity index (χ1n) is 5.78. The van der Waals surface area contributed by atoms with Crippen LogP contribution in [0.1, 0.15) is 31.1 Å². The van der Waals surface area contributed by atoms with Crippen LogP contribution in [0.2, 0.25) is 0 Å². The predicted octanol–water partition coefficient (Wildman–Crippen LogP) is 2.16. The van der Waals surface area contributed by atoms with Crippen molar-refractivity contribution in [2.24, 2.45) is 0 Å². The number of amides is 1. The largest absolute Gasteiger partial charge is 0.377 e. The van der Waals surface area contributed by atoms with Crippen molar-refractivity contribution in [3.8, 4) is 0 Å². The number of hydrogen-bond donors (Lipinski definition) is 2. The molecule has 0 bridgehead atoms. The first-order valence-corrected chi connectivity index (χ1v) is 5.78. The summed E-state index contributed by atoms with van der Waals surface area (Å²) in [6.45, 7) is 6.09. The van der Waals surface area contributed by atoms with Crippen molar-refractivity contribution in [1.82, 2.24) is 5.32 Å². The van der Waals surface area contributed by atoms with Gasteiger partial charge in [0.05, 0.1) is 4.92 Å². The summed E-state index contributed by atoms with van der Waals surface area (Å²) in [5.41, 5.74) is 0.737. The number of nitro benzene ring substituents is 1. The van der Waals surface area contributed by atoms with E-state index in [4.69, 9.17) is 0 Å². The first kappa shape index (κ1) is 14.0. The van der Waals surface area contributed by atoms with E-state index in [1.54, 1.807) is 0 Å². The molecule has 1 aromatic rings. The van der Waals surface area contributed by atoms with Crippen LogP contribution in [0.5, 0.6) is 0 Å². The standard InChI is InChI=1S/C12H17N3O3/c1-4-13-12(16)9-5-6-11(15(17)18)10(7-9)14-8(2)3/h5-8,14H,4H2,1-3H3,(H,13,16). The van der Waals surface area contributed by atoms with Crippen molar-refractivity contribution in [3.05, 3.63) is 33.9 Å². The molecule has 0 spiro atoms. The van der Waals surface area contributed by atoms with E-state index in [-0.39, 0.29) is 17.6 Å². The topological polar surface area (TPSA) is 84.3 Å². The maximum atomic E-state index is 11.7. The van der Waals surface area contributed by atoms with Crippen LogP contribution in [0, 0.1) is 10.1 Å². The minimum absolute atomic E-state index is 0.0308. The van der Waals surface area contributed by atoms with E-state index >= 15 is 0 Å². The summed E-state index contributed by atoms with van der Waals surface area (Å²) in [7, 11) is 0. The highest BCUT2D eigenvalue weighted by Gasteiger charge is 2.16. The molecule has 1 amide bonds. The smallest absolute Gasteiger partial charge is 0.292 e. The van der Waals surface area contributed by atoms with Crippen LogP contribution in [0.15, 0.2) is 18.2 Å². The van der Waals surface area contributed by atoms with Crippen LogP contribution >= 0.6 is 0 Å². The molecule has 0 heterocycles. The fourth-order valence-corrected chi connectivity index (χ4v) is 1.53. The Labute approximate surface area is 106 Å². The Kier molecular flexibility index (Phi) is 4.65. The van der Waals surface area contributed by atoms with Crippen molar-refractivity contribution >= 4 is 17.3 Å². The van der Waals surface area contributed by atoms with E-state index < -0.39 is 4.92 Å². The Morgan fingerprint density at radius 1 is 1.44 bits per heavy atom. The van der Waals surface area contributed by atoms with Crippen LogP contribution < -0.4 is 10.6 Å². The predicted molar refractivity (Wildman–Crippen MR) is 69.9 cm³/mol. The van der Waals surface area contributed by atoms with Crippen molar-refractivity contribution in [2.45, 2.75) is 26.8 Å². The zero-order valence-corrected chi connectivity index (χ0v) is 10.7. The molecule has 0 atom stereocenters. The molecule has 0 aliphatic heterocycles. The third-order valence-corrected chi connectivity index (χ3v) is 2.24. The lowest BCUT2D eigenvalue weighted by atomic mass is 10.1. The minimum Gasteiger partial charge on any atom is -0.377 e. The molecule has 0 saturated carbocycles. The highest BCUT2D eigenvalue weighted by molar-refractivity contribution is 5.95. The van der Waals surface area contributed by atoms with Gasteiger partial charge in [-0.1, -0.05) is 0 Å². The Morgan fingerprint density at radius 3 is 2.61 bits per heavy atom. The molecule has 0 aliphatic rings. The van der Waals surface area contributed by atoms with Gasteiger partial charge in [0.15, 0.2) is 0 Å². The average molecular weight is 251 g/mol. The lowest BCUT2D eigenvalue weighted by Gasteiger charge is -2.11. The maximum absolute atomic E-state index is 11.7. The summed E-state index contributed by atoms with van der Waals surface area (Å²) in [6.07, 6.45) is 0. The van der Waals surface area contributed by atoms with Gasteiger partial charge in [0.1, 0.15) is 5.69 Å². The first-order chi connectivity index (χ1) is 8.45. The van der Waals surface area contributed by atoms with Gasteiger partial charge in [0.2, 0.25) is 0 Å². The summed E-state index contributed by atoms with van der Waals surface area (Å²) in [5, 5.41) is 16.5. The van der Waals surface area contributed by atoms with E-state index in [2.05, 4.69) is 10.6 Å². The lowest BCUT2D eigenvalue weighted by molar-refractivity contribution is -0.384. The third-order valence-electron chi connectivity index (χ3n) is 2.24. The average Bonchev–Trinajstić information content (AvgIpc) is 2.28. The van der Waals surface area contributed by atoms with Crippen molar-refractivity contribution in [1.29, 1.82) is 0 Å². The molecule has 6 nitrogen and oxygen atoms in total. The number of anilines is 1. The molecule has 0 saturated heterocycles. The summed E-state index contributed by atoms with van der Waals surface area (Å²) < 4.78 is 0. The Bertz CT molecular complexity index is 458. The van der Waals surface area contributed by atoms with Gasteiger partial charge < -0.3 is 10.6 Å². The quantitative estimate of drug-likeness (QED) is 0.620. The molecule has 2 N–H and O–H groups in total. The summed E-state index contributed by atoms with van der Waals surface area (Å²) in [6, 6.07) is 4.35. The van der Waals surface area contributed by atoms with Crippen LogP contribution in [0.3, 0.4) is 0 Å². The molecule has 0 unspecified atom stereocenters. The summed E-state index contributed by atoms with van der Waals surface area (Å²) in [4.78, 5) is 22.1. The summed E-state index contributed by atoms with van der Waals surface area (Å²) >= 11 is 0. The molecule has 1 aromatic carbocycles.